The Morgan fingerprint density at radius 2 is 2.11 bits per heavy atom. The van der Waals surface area contributed by atoms with E-state index in [4.69, 9.17) is 4.74 Å². The zero-order chi connectivity index (χ0) is 14.3. The summed E-state index contributed by atoms with van der Waals surface area (Å²) in [6.07, 6.45) is 0. The Kier molecular flexibility index (Phi) is 7.33. The van der Waals surface area contributed by atoms with E-state index in [-0.39, 0.29) is 5.91 Å². The summed E-state index contributed by atoms with van der Waals surface area (Å²) in [5, 5.41) is 2.87. The third-order valence-electron chi connectivity index (χ3n) is 2.65. The van der Waals surface area contributed by atoms with Crippen molar-refractivity contribution < 1.29 is 9.53 Å². The van der Waals surface area contributed by atoms with Gasteiger partial charge in [0.2, 0.25) is 0 Å². The number of halogens is 1. The molecule has 0 aliphatic carbocycles. The molecule has 0 heterocycles. The van der Waals surface area contributed by atoms with Crippen molar-refractivity contribution in [1.29, 1.82) is 0 Å². The highest BCUT2D eigenvalue weighted by molar-refractivity contribution is 14.1. The van der Waals surface area contributed by atoms with Crippen molar-refractivity contribution in [3.63, 3.8) is 0 Å². The maximum atomic E-state index is 12.0. The number of hydrogen-bond donors (Lipinski definition) is 1. The number of carbonyl (C=O) groups is 1. The van der Waals surface area contributed by atoms with E-state index in [2.05, 4.69) is 32.8 Å². The molecular weight excluding hydrogens is 355 g/mol. The number of carbonyl (C=O) groups excluding carboxylic acids is 1. The van der Waals surface area contributed by atoms with Gasteiger partial charge in [-0.15, -0.1) is 0 Å². The molecule has 0 bridgehead atoms. The quantitative estimate of drug-likeness (QED) is 0.584. The van der Waals surface area contributed by atoms with Crippen LogP contribution in [0.25, 0.3) is 0 Å². The van der Waals surface area contributed by atoms with E-state index >= 15 is 0 Å². The second-order valence-electron chi connectivity index (χ2n) is 4.61. The molecule has 1 rings (SSSR count). The van der Waals surface area contributed by atoms with Gasteiger partial charge < -0.3 is 15.0 Å². The van der Waals surface area contributed by atoms with Crippen LogP contribution >= 0.6 is 22.6 Å². The highest BCUT2D eigenvalue weighted by Gasteiger charge is 2.10. The Morgan fingerprint density at radius 1 is 1.37 bits per heavy atom. The number of ether oxygens (including phenoxy) is 1. The first-order valence-electron chi connectivity index (χ1n) is 6.28. The smallest absolute Gasteiger partial charge is 0.252 e. The fourth-order valence-electron chi connectivity index (χ4n) is 1.50. The van der Waals surface area contributed by atoms with E-state index < -0.39 is 0 Å². The molecule has 0 saturated heterocycles. The average molecular weight is 376 g/mol. The van der Waals surface area contributed by atoms with Crippen LogP contribution in [-0.4, -0.2) is 51.2 Å². The molecule has 4 nitrogen and oxygen atoms in total. The number of nitrogens with zero attached hydrogens (tertiary/aromatic N) is 1. The lowest BCUT2D eigenvalue weighted by Gasteiger charge is -2.11. The predicted octanol–water partition coefficient (Wildman–Crippen LogP) is 1.91. The van der Waals surface area contributed by atoms with Gasteiger partial charge in [0.1, 0.15) is 0 Å². The zero-order valence-electron chi connectivity index (χ0n) is 11.7. The summed E-state index contributed by atoms with van der Waals surface area (Å²) in [6.45, 7) is 4.66. The first kappa shape index (κ1) is 16.4. The molecular formula is C14H21IN2O2. The van der Waals surface area contributed by atoms with E-state index in [9.17, 15) is 4.79 Å². The molecule has 0 atom stereocenters. The summed E-state index contributed by atoms with van der Waals surface area (Å²) >= 11 is 2.20. The van der Waals surface area contributed by atoms with Gasteiger partial charge in [0.15, 0.2) is 0 Å². The maximum absolute atomic E-state index is 12.0. The third-order valence-corrected chi connectivity index (χ3v) is 4.08. The SMILES string of the molecule is Cc1cccc(C(=O)NCCOCCN(C)C)c1I. The average Bonchev–Trinajstić information content (AvgIpc) is 2.36. The van der Waals surface area contributed by atoms with E-state index in [0.29, 0.717) is 19.8 Å². The lowest BCUT2D eigenvalue weighted by molar-refractivity contribution is 0.0899. The van der Waals surface area contributed by atoms with E-state index in [1.54, 1.807) is 0 Å². The number of rotatable bonds is 7. The van der Waals surface area contributed by atoms with Gasteiger partial charge in [-0.1, -0.05) is 12.1 Å². The van der Waals surface area contributed by atoms with Crippen LogP contribution in [0, 0.1) is 10.5 Å². The molecule has 1 aromatic carbocycles. The van der Waals surface area contributed by atoms with Crippen LogP contribution in [-0.2, 0) is 4.74 Å². The van der Waals surface area contributed by atoms with Crippen molar-refractivity contribution in [3.05, 3.63) is 32.9 Å². The van der Waals surface area contributed by atoms with Crippen molar-refractivity contribution in [2.45, 2.75) is 6.92 Å². The fraction of sp³-hybridized carbons (Fsp3) is 0.500. The van der Waals surface area contributed by atoms with Crippen LogP contribution < -0.4 is 5.32 Å². The van der Waals surface area contributed by atoms with Crippen molar-refractivity contribution in [2.75, 3.05) is 40.4 Å². The molecule has 0 aromatic heterocycles. The van der Waals surface area contributed by atoms with Crippen LogP contribution in [0.5, 0.6) is 0 Å². The van der Waals surface area contributed by atoms with Crippen LogP contribution in [0.3, 0.4) is 0 Å². The summed E-state index contributed by atoms with van der Waals surface area (Å²) in [6, 6.07) is 5.75. The molecule has 0 aliphatic rings. The molecule has 5 heteroatoms. The van der Waals surface area contributed by atoms with Gasteiger partial charge in [0.05, 0.1) is 18.8 Å². The standard InChI is InChI=1S/C14H21IN2O2/c1-11-5-4-6-12(13(11)15)14(18)16-7-9-19-10-8-17(2)3/h4-6H,7-10H2,1-3H3,(H,16,18). The van der Waals surface area contributed by atoms with E-state index in [1.165, 1.54) is 0 Å². The summed E-state index contributed by atoms with van der Waals surface area (Å²) in [5.41, 5.74) is 1.85. The minimum Gasteiger partial charge on any atom is -0.378 e. The molecule has 0 aliphatic heterocycles. The Bertz CT molecular complexity index is 422. The highest BCUT2D eigenvalue weighted by Crippen LogP contribution is 2.16. The molecule has 0 saturated carbocycles. The van der Waals surface area contributed by atoms with Gasteiger partial charge >= 0.3 is 0 Å². The van der Waals surface area contributed by atoms with Gasteiger partial charge in [-0.05, 0) is 55.2 Å². The number of hydrogen-bond acceptors (Lipinski definition) is 3. The molecule has 106 valence electrons. The molecule has 1 N–H and O–H groups in total. The topological polar surface area (TPSA) is 41.6 Å². The molecule has 1 amide bonds. The monoisotopic (exact) mass is 376 g/mol. The molecule has 0 fully saturated rings. The zero-order valence-corrected chi connectivity index (χ0v) is 13.9. The number of benzene rings is 1. The predicted molar refractivity (Wildman–Crippen MR) is 85.6 cm³/mol. The second kappa shape index (κ2) is 8.50. The minimum absolute atomic E-state index is 0.0377. The van der Waals surface area contributed by atoms with Crippen molar-refractivity contribution in [1.82, 2.24) is 10.2 Å². The molecule has 1 aromatic rings. The first-order valence-corrected chi connectivity index (χ1v) is 7.36. The van der Waals surface area contributed by atoms with Crippen LogP contribution in [0.15, 0.2) is 18.2 Å². The molecule has 0 unspecified atom stereocenters. The van der Waals surface area contributed by atoms with Crippen LogP contribution in [0.1, 0.15) is 15.9 Å². The summed E-state index contributed by atoms with van der Waals surface area (Å²) < 4.78 is 6.43. The largest absolute Gasteiger partial charge is 0.378 e. The first-order chi connectivity index (χ1) is 9.02. The molecule has 0 spiro atoms. The Hall–Kier alpha value is -0.660. The van der Waals surface area contributed by atoms with Gasteiger partial charge in [0, 0.05) is 16.7 Å². The van der Waals surface area contributed by atoms with Gasteiger partial charge in [-0.25, -0.2) is 0 Å². The van der Waals surface area contributed by atoms with Crippen LogP contribution in [0.2, 0.25) is 0 Å². The fourth-order valence-corrected chi connectivity index (χ4v) is 2.11. The second-order valence-corrected chi connectivity index (χ2v) is 5.69. The van der Waals surface area contributed by atoms with Crippen molar-refractivity contribution in [2.24, 2.45) is 0 Å². The molecule has 19 heavy (non-hydrogen) atoms. The Balaban J connectivity index is 2.30. The number of amides is 1. The number of nitrogens with one attached hydrogen (secondary N) is 1. The summed E-state index contributed by atoms with van der Waals surface area (Å²) in [5.74, 6) is -0.0377. The number of likely N-dealkylation sites (N-methyl/N-ethyl adjacent to an activating group) is 1. The Morgan fingerprint density at radius 3 is 2.79 bits per heavy atom. The summed E-state index contributed by atoms with van der Waals surface area (Å²) in [4.78, 5) is 14.0. The maximum Gasteiger partial charge on any atom is 0.252 e. The van der Waals surface area contributed by atoms with E-state index in [1.807, 2.05) is 39.2 Å². The van der Waals surface area contributed by atoms with E-state index in [0.717, 1.165) is 21.2 Å². The third kappa shape index (κ3) is 5.88. The van der Waals surface area contributed by atoms with Gasteiger partial charge in [0.25, 0.3) is 5.91 Å². The lowest BCUT2D eigenvalue weighted by atomic mass is 10.1. The Labute approximate surface area is 128 Å². The molecule has 0 radical (unpaired) electrons. The van der Waals surface area contributed by atoms with Crippen molar-refractivity contribution in [3.8, 4) is 0 Å². The summed E-state index contributed by atoms with van der Waals surface area (Å²) in [7, 11) is 4.01. The minimum atomic E-state index is -0.0377. The highest BCUT2D eigenvalue weighted by atomic mass is 127. The van der Waals surface area contributed by atoms with Gasteiger partial charge in [-0.2, -0.15) is 0 Å². The van der Waals surface area contributed by atoms with Gasteiger partial charge in [-0.3, -0.25) is 4.79 Å². The van der Waals surface area contributed by atoms with Crippen molar-refractivity contribution >= 4 is 28.5 Å². The van der Waals surface area contributed by atoms with Crippen LogP contribution in [0.4, 0.5) is 0 Å². The normalized spacial score (nSPS) is 10.8. The number of aryl methyl sites for hydroxylation is 1. The lowest BCUT2D eigenvalue weighted by Crippen LogP contribution is -2.29.